The lowest BCUT2D eigenvalue weighted by Crippen LogP contribution is -2.30. The zero-order valence-corrected chi connectivity index (χ0v) is 10.1. The van der Waals surface area contributed by atoms with Crippen LogP contribution in [0.2, 0.25) is 5.15 Å². The first kappa shape index (κ1) is 9.90. The van der Waals surface area contributed by atoms with E-state index in [9.17, 15) is 0 Å². The molecule has 0 unspecified atom stereocenters. The zero-order chi connectivity index (χ0) is 11.3. The third-order valence-electron chi connectivity index (χ3n) is 3.05. The standard InChI is InChI=1S/C11H13ClN4/c1-7(2)15-6-4-8-10(12)14-9-3-5-13-16(9)11(8)15/h3,5,7H,4,6H2,1-2H3. The van der Waals surface area contributed by atoms with Crippen molar-refractivity contribution in [2.75, 3.05) is 11.4 Å². The molecule has 0 spiro atoms. The first-order chi connectivity index (χ1) is 7.68. The number of hydrogen-bond donors (Lipinski definition) is 0. The molecule has 1 aliphatic heterocycles. The van der Waals surface area contributed by atoms with Crippen molar-refractivity contribution in [2.45, 2.75) is 26.3 Å². The van der Waals surface area contributed by atoms with Gasteiger partial charge in [-0.2, -0.15) is 9.61 Å². The molecule has 3 heterocycles. The van der Waals surface area contributed by atoms with Crippen LogP contribution in [-0.4, -0.2) is 27.2 Å². The van der Waals surface area contributed by atoms with Crippen LogP contribution < -0.4 is 4.90 Å². The monoisotopic (exact) mass is 236 g/mol. The minimum Gasteiger partial charge on any atom is -0.353 e. The molecular formula is C11H13ClN4. The van der Waals surface area contributed by atoms with E-state index in [1.807, 2.05) is 10.6 Å². The Hall–Kier alpha value is -1.29. The van der Waals surface area contributed by atoms with E-state index in [1.54, 1.807) is 6.20 Å². The fourth-order valence-electron chi connectivity index (χ4n) is 2.28. The maximum atomic E-state index is 6.20. The van der Waals surface area contributed by atoms with Crippen LogP contribution in [0.25, 0.3) is 5.65 Å². The lowest BCUT2D eigenvalue weighted by atomic mass is 10.3. The van der Waals surface area contributed by atoms with Crippen molar-refractivity contribution < 1.29 is 0 Å². The van der Waals surface area contributed by atoms with Gasteiger partial charge in [0.2, 0.25) is 0 Å². The smallest absolute Gasteiger partial charge is 0.159 e. The lowest BCUT2D eigenvalue weighted by Gasteiger charge is -2.24. The van der Waals surface area contributed by atoms with E-state index < -0.39 is 0 Å². The summed E-state index contributed by atoms with van der Waals surface area (Å²) in [5.74, 6) is 1.11. The fourth-order valence-corrected chi connectivity index (χ4v) is 2.55. The molecule has 3 rings (SSSR count). The summed E-state index contributed by atoms with van der Waals surface area (Å²) in [6.45, 7) is 5.35. The van der Waals surface area contributed by atoms with E-state index in [2.05, 4.69) is 28.8 Å². The highest BCUT2D eigenvalue weighted by atomic mass is 35.5. The topological polar surface area (TPSA) is 33.4 Å². The fraction of sp³-hybridized carbons (Fsp3) is 0.455. The Morgan fingerprint density at radius 2 is 2.25 bits per heavy atom. The number of hydrogen-bond acceptors (Lipinski definition) is 3. The van der Waals surface area contributed by atoms with E-state index in [1.165, 1.54) is 0 Å². The van der Waals surface area contributed by atoms with Crippen molar-refractivity contribution in [3.63, 3.8) is 0 Å². The molecular weight excluding hydrogens is 224 g/mol. The quantitative estimate of drug-likeness (QED) is 0.712. The Bertz CT molecular complexity index is 546. The van der Waals surface area contributed by atoms with Crippen molar-refractivity contribution in [1.29, 1.82) is 0 Å². The molecule has 0 saturated carbocycles. The zero-order valence-electron chi connectivity index (χ0n) is 9.31. The van der Waals surface area contributed by atoms with Crippen molar-refractivity contribution >= 4 is 23.1 Å². The summed E-state index contributed by atoms with van der Waals surface area (Å²) in [5.41, 5.74) is 1.93. The third kappa shape index (κ3) is 1.23. The van der Waals surface area contributed by atoms with Crippen LogP contribution in [0.4, 0.5) is 5.82 Å². The maximum absolute atomic E-state index is 6.20. The van der Waals surface area contributed by atoms with Crippen LogP contribution in [0.5, 0.6) is 0 Å². The number of halogens is 1. The Labute approximate surface area is 98.8 Å². The molecule has 0 saturated heterocycles. The Balaban J connectivity index is 2.32. The van der Waals surface area contributed by atoms with Gasteiger partial charge < -0.3 is 4.90 Å². The van der Waals surface area contributed by atoms with Crippen LogP contribution in [-0.2, 0) is 6.42 Å². The number of nitrogens with zero attached hydrogens (tertiary/aromatic N) is 4. The Morgan fingerprint density at radius 3 is 3.00 bits per heavy atom. The molecule has 0 atom stereocenters. The van der Waals surface area contributed by atoms with Gasteiger partial charge in [0.1, 0.15) is 11.0 Å². The highest BCUT2D eigenvalue weighted by Crippen LogP contribution is 2.33. The van der Waals surface area contributed by atoms with Gasteiger partial charge in [0, 0.05) is 24.2 Å². The molecule has 2 aromatic rings. The highest BCUT2D eigenvalue weighted by Gasteiger charge is 2.27. The van der Waals surface area contributed by atoms with Gasteiger partial charge in [0.05, 0.1) is 6.20 Å². The molecule has 0 aromatic carbocycles. The van der Waals surface area contributed by atoms with Gasteiger partial charge >= 0.3 is 0 Å². The Kier molecular flexibility index (Phi) is 2.07. The van der Waals surface area contributed by atoms with Gasteiger partial charge in [-0.05, 0) is 20.3 Å². The van der Waals surface area contributed by atoms with E-state index in [0.717, 1.165) is 30.0 Å². The summed E-state index contributed by atoms with van der Waals surface area (Å²) in [7, 11) is 0. The average Bonchev–Trinajstić information content (AvgIpc) is 2.80. The van der Waals surface area contributed by atoms with Crippen LogP contribution in [0, 0.1) is 0 Å². The summed E-state index contributed by atoms with van der Waals surface area (Å²) >= 11 is 6.20. The number of rotatable bonds is 1. The second-order valence-corrected chi connectivity index (χ2v) is 4.70. The minimum absolute atomic E-state index is 0.451. The Morgan fingerprint density at radius 1 is 1.44 bits per heavy atom. The predicted molar refractivity (Wildman–Crippen MR) is 64.2 cm³/mol. The van der Waals surface area contributed by atoms with Gasteiger partial charge in [-0.25, -0.2) is 4.98 Å². The average molecular weight is 237 g/mol. The third-order valence-corrected chi connectivity index (χ3v) is 3.37. The molecule has 0 N–H and O–H groups in total. The van der Waals surface area contributed by atoms with Crippen LogP contribution >= 0.6 is 11.6 Å². The van der Waals surface area contributed by atoms with E-state index in [0.29, 0.717) is 11.2 Å². The minimum atomic E-state index is 0.451. The number of anilines is 1. The van der Waals surface area contributed by atoms with Crippen LogP contribution in [0.3, 0.4) is 0 Å². The van der Waals surface area contributed by atoms with Crippen molar-refractivity contribution in [2.24, 2.45) is 0 Å². The second-order valence-electron chi connectivity index (χ2n) is 4.34. The molecule has 5 heteroatoms. The van der Waals surface area contributed by atoms with Gasteiger partial charge in [-0.3, -0.25) is 0 Å². The first-order valence-corrected chi connectivity index (χ1v) is 5.85. The van der Waals surface area contributed by atoms with E-state index in [4.69, 9.17) is 11.6 Å². The maximum Gasteiger partial charge on any atom is 0.159 e. The molecule has 1 aliphatic rings. The molecule has 0 fully saturated rings. The molecule has 0 aliphatic carbocycles. The van der Waals surface area contributed by atoms with E-state index in [-0.39, 0.29) is 0 Å². The largest absolute Gasteiger partial charge is 0.353 e. The summed E-state index contributed by atoms with van der Waals surface area (Å²) in [5, 5.41) is 4.93. The van der Waals surface area contributed by atoms with Crippen molar-refractivity contribution in [3.8, 4) is 0 Å². The lowest BCUT2D eigenvalue weighted by molar-refractivity contribution is 0.691. The SMILES string of the molecule is CC(C)N1CCc2c(Cl)nc3ccnn3c21. The van der Waals surface area contributed by atoms with Crippen LogP contribution in [0.15, 0.2) is 12.3 Å². The predicted octanol–water partition coefficient (Wildman–Crippen LogP) is 2.15. The summed E-state index contributed by atoms with van der Waals surface area (Å²) in [6.07, 6.45) is 2.71. The van der Waals surface area contributed by atoms with Gasteiger partial charge in [0.15, 0.2) is 5.65 Å². The highest BCUT2D eigenvalue weighted by molar-refractivity contribution is 6.30. The molecule has 2 aromatic heterocycles. The van der Waals surface area contributed by atoms with Gasteiger partial charge in [-0.15, -0.1) is 0 Å². The normalized spacial score (nSPS) is 15.1. The summed E-state index contributed by atoms with van der Waals surface area (Å²) in [6, 6.07) is 2.33. The van der Waals surface area contributed by atoms with E-state index >= 15 is 0 Å². The van der Waals surface area contributed by atoms with Crippen molar-refractivity contribution in [3.05, 3.63) is 23.0 Å². The summed E-state index contributed by atoms with van der Waals surface area (Å²) in [4.78, 5) is 6.66. The molecule has 16 heavy (non-hydrogen) atoms. The van der Waals surface area contributed by atoms with Crippen LogP contribution in [0.1, 0.15) is 19.4 Å². The summed E-state index contributed by atoms with van der Waals surface area (Å²) < 4.78 is 1.88. The molecule has 0 amide bonds. The molecule has 84 valence electrons. The number of fused-ring (bicyclic) bond motifs is 3. The first-order valence-electron chi connectivity index (χ1n) is 5.47. The van der Waals surface area contributed by atoms with Crippen molar-refractivity contribution in [1.82, 2.24) is 14.6 Å². The molecule has 0 radical (unpaired) electrons. The second kappa shape index (κ2) is 3.35. The number of aromatic nitrogens is 3. The van der Waals surface area contributed by atoms with Gasteiger partial charge in [-0.1, -0.05) is 11.6 Å². The van der Waals surface area contributed by atoms with Gasteiger partial charge in [0.25, 0.3) is 0 Å². The molecule has 4 nitrogen and oxygen atoms in total. The molecule has 0 bridgehead atoms.